The maximum Gasteiger partial charge on any atom is 0.410 e. The molecule has 0 aromatic heterocycles. The number of likely N-dealkylation sites (tertiary alicyclic amines) is 2. The van der Waals surface area contributed by atoms with E-state index in [9.17, 15) is 4.79 Å². The van der Waals surface area contributed by atoms with Crippen molar-refractivity contribution >= 4 is 6.09 Å². The fourth-order valence-electron chi connectivity index (χ4n) is 3.95. The minimum absolute atomic E-state index is 0.148. The molecule has 1 aromatic rings. The fourth-order valence-corrected chi connectivity index (χ4v) is 3.95. The molecular weight excluding hydrogens is 300 g/mol. The van der Waals surface area contributed by atoms with Crippen molar-refractivity contribution in [1.29, 1.82) is 0 Å². The van der Waals surface area contributed by atoms with Crippen molar-refractivity contribution in [1.82, 2.24) is 9.80 Å². The molecular formula is C20H30N2O2. The quantitative estimate of drug-likeness (QED) is 0.827. The second-order valence-electron chi connectivity index (χ2n) is 8.27. The van der Waals surface area contributed by atoms with Crippen LogP contribution in [-0.2, 0) is 11.3 Å². The topological polar surface area (TPSA) is 32.8 Å². The molecule has 2 aliphatic heterocycles. The summed E-state index contributed by atoms with van der Waals surface area (Å²) in [5.41, 5.74) is 0.954. The van der Waals surface area contributed by atoms with Gasteiger partial charge in [-0.25, -0.2) is 4.79 Å². The molecule has 3 rings (SSSR count). The third-order valence-electron chi connectivity index (χ3n) is 5.01. The third kappa shape index (κ3) is 4.50. The highest BCUT2D eigenvalue weighted by atomic mass is 16.6. The van der Waals surface area contributed by atoms with E-state index < -0.39 is 5.60 Å². The van der Waals surface area contributed by atoms with Crippen molar-refractivity contribution in [2.24, 2.45) is 11.8 Å². The summed E-state index contributed by atoms with van der Waals surface area (Å²) in [6.07, 6.45) is 2.15. The van der Waals surface area contributed by atoms with Crippen LogP contribution in [0.5, 0.6) is 0 Å². The van der Waals surface area contributed by atoms with E-state index in [0.717, 1.165) is 39.1 Å². The van der Waals surface area contributed by atoms with Gasteiger partial charge in [0.2, 0.25) is 0 Å². The lowest BCUT2D eigenvalue weighted by Gasteiger charge is -2.28. The van der Waals surface area contributed by atoms with Crippen molar-refractivity contribution < 1.29 is 9.53 Å². The van der Waals surface area contributed by atoms with Crippen molar-refractivity contribution in [3.05, 3.63) is 35.9 Å². The molecule has 4 heteroatoms. The average Bonchev–Trinajstić information content (AvgIpc) is 2.76. The van der Waals surface area contributed by atoms with Crippen LogP contribution in [0.2, 0.25) is 0 Å². The molecule has 2 atom stereocenters. The molecule has 0 spiro atoms. The number of carbonyl (C=O) groups excluding carboxylic acids is 1. The smallest absolute Gasteiger partial charge is 0.410 e. The first-order valence-corrected chi connectivity index (χ1v) is 9.15. The van der Waals surface area contributed by atoms with E-state index in [-0.39, 0.29) is 6.09 Å². The predicted molar refractivity (Wildman–Crippen MR) is 95.7 cm³/mol. The van der Waals surface area contributed by atoms with Gasteiger partial charge in [-0.1, -0.05) is 30.3 Å². The molecule has 0 bridgehead atoms. The number of ether oxygens (including phenoxy) is 1. The van der Waals surface area contributed by atoms with Crippen LogP contribution in [0.15, 0.2) is 30.3 Å². The zero-order valence-electron chi connectivity index (χ0n) is 15.2. The molecule has 132 valence electrons. The monoisotopic (exact) mass is 330 g/mol. The Balaban J connectivity index is 1.58. The van der Waals surface area contributed by atoms with E-state index in [1.807, 2.05) is 25.7 Å². The molecule has 2 heterocycles. The lowest BCUT2D eigenvalue weighted by Crippen LogP contribution is -2.40. The zero-order valence-corrected chi connectivity index (χ0v) is 15.2. The summed E-state index contributed by atoms with van der Waals surface area (Å²) in [5, 5.41) is 0. The second-order valence-corrected chi connectivity index (χ2v) is 8.27. The van der Waals surface area contributed by atoms with Crippen molar-refractivity contribution in [3.63, 3.8) is 0 Å². The van der Waals surface area contributed by atoms with Crippen LogP contribution in [-0.4, -0.2) is 47.7 Å². The number of carbonyl (C=O) groups is 1. The van der Waals surface area contributed by atoms with E-state index in [2.05, 4.69) is 35.2 Å². The number of hydrogen-bond donors (Lipinski definition) is 0. The Morgan fingerprint density at radius 1 is 1.12 bits per heavy atom. The summed E-state index contributed by atoms with van der Waals surface area (Å²) in [7, 11) is 0. The first-order valence-electron chi connectivity index (χ1n) is 9.15. The number of amides is 1. The Labute approximate surface area is 145 Å². The number of rotatable bonds is 2. The largest absolute Gasteiger partial charge is 0.444 e. The van der Waals surface area contributed by atoms with Gasteiger partial charge in [0, 0.05) is 32.7 Å². The highest BCUT2D eigenvalue weighted by Crippen LogP contribution is 2.32. The Bertz CT molecular complexity index is 553. The van der Waals surface area contributed by atoms with Gasteiger partial charge in [-0.05, 0) is 51.0 Å². The van der Waals surface area contributed by atoms with Gasteiger partial charge >= 0.3 is 6.09 Å². The molecule has 2 unspecified atom stereocenters. The summed E-state index contributed by atoms with van der Waals surface area (Å²) in [5.74, 6) is 1.28. The van der Waals surface area contributed by atoms with Gasteiger partial charge in [0.05, 0.1) is 0 Å². The van der Waals surface area contributed by atoms with Crippen molar-refractivity contribution in [2.45, 2.75) is 45.8 Å². The number of hydrogen-bond acceptors (Lipinski definition) is 3. The average molecular weight is 330 g/mol. The fraction of sp³-hybridized carbons (Fsp3) is 0.650. The van der Waals surface area contributed by atoms with E-state index in [0.29, 0.717) is 11.8 Å². The first-order chi connectivity index (χ1) is 11.4. The molecule has 0 radical (unpaired) electrons. The van der Waals surface area contributed by atoms with Crippen LogP contribution in [0.25, 0.3) is 0 Å². The van der Waals surface area contributed by atoms with Gasteiger partial charge < -0.3 is 9.64 Å². The Morgan fingerprint density at radius 3 is 2.54 bits per heavy atom. The first kappa shape index (κ1) is 17.3. The van der Waals surface area contributed by atoms with Crippen molar-refractivity contribution in [2.75, 3.05) is 26.2 Å². The van der Waals surface area contributed by atoms with Crippen LogP contribution < -0.4 is 0 Å². The van der Waals surface area contributed by atoms with E-state index in [4.69, 9.17) is 4.74 Å². The van der Waals surface area contributed by atoms with E-state index in [1.165, 1.54) is 12.0 Å². The molecule has 0 aliphatic carbocycles. The summed E-state index contributed by atoms with van der Waals surface area (Å²) < 4.78 is 5.58. The minimum Gasteiger partial charge on any atom is -0.444 e. The Morgan fingerprint density at radius 2 is 1.83 bits per heavy atom. The molecule has 0 saturated carbocycles. The van der Waals surface area contributed by atoms with Crippen LogP contribution in [0.3, 0.4) is 0 Å². The normalized spacial score (nSPS) is 25.2. The lowest BCUT2D eigenvalue weighted by molar-refractivity contribution is 0.0231. The maximum atomic E-state index is 12.4. The molecule has 0 N–H and O–H groups in total. The van der Waals surface area contributed by atoms with Crippen LogP contribution in [0, 0.1) is 11.8 Å². The maximum absolute atomic E-state index is 12.4. The number of nitrogens with zero attached hydrogens (tertiary/aromatic N) is 2. The van der Waals surface area contributed by atoms with Gasteiger partial charge in [0.25, 0.3) is 0 Å². The van der Waals surface area contributed by atoms with Gasteiger partial charge in [-0.2, -0.15) is 0 Å². The van der Waals surface area contributed by atoms with Crippen LogP contribution in [0.4, 0.5) is 4.79 Å². The highest BCUT2D eigenvalue weighted by molar-refractivity contribution is 5.68. The molecule has 2 saturated heterocycles. The lowest BCUT2D eigenvalue weighted by atomic mass is 9.93. The molecule has 2 aliphatic rings. The summed E-state index contributed by atoms with van der Waals surface area (Å²) in [4.78, 5) is 16.9. The number of fused-ring (bicyclic) bond motifs is 1. The van der Waals surface area contributed by atoms with Gasteiger partial charge in [0.15, 0.2) is 0 Å². The van der Waals surface area contributed by atoms with Gasteiger partial charge in [0.1, 0.15) is 5.60 Å². The highest BCUT2D eigenvalue weighted by Gasteiger charge is 2.37. The summed E-state index contributed by atoms with van der Waals surface area (Å²) >= 11 is 0. The Hall–Kier alpha value is -1.55. The van der Waals surface area contributed by atoms with Crippen molar-refractivity contribution in [3.8, 4) is 0 Å². The van der Waals surface area contributed by atoms with E-state index in [1.54, 1.807) is 0 Å². The zero-order chi connectivity index (χ0) is 17.2. The summed E-state index contributed by atoms with van der Waals surface area (Å²) in [6, 6.07) is 10.7. The van der Waals surface area contributed by atoms with Crippen LogP contribution >= 0.6 is 0 Å². The molecule has 4 nitrogen and oxygen atoms in total. The minimum atomic E-state index is -0.419. The van der Waals surface area contributed by atoms with Crippen LogP contribution in [0.1, 0.15) is 39.2 Å². The molecule has 1 amide bonds. The second kappa shape index (κ2) is 7.14. The predicted octanol–water partition coefficient (Wildman–Crippen LogP) is 3.77. The standard InChI is InChI=1S/C20H30N2O2/c1-20(2,3)24-19(23)22-11-7-10-17-13-21(14-18(17)15-22)12-16-8-5-4-6-9-16/h4-6,8-9,17-18H,7,10-15H2,1-3H3. The third-order valence-corrected chi connectivity index (χ3v) is 5.01. The number of benzene rings is 1. The molecule has 1 aromatic carbocycles. The molecule has 24 heavy (non-hydrogen) atoms. The van der Waals surface area contributed by atoms with Gasteiger partial charge in [-0.3, -0.25) is 4.90 Å². The summed E-state index contributed by atoms with van der Waals surface area (Å²) in [6.45, 7) is 10.7. The Kier molecular flexibility index (Phi) is 5.14. The van der Waals surface area contributed by atoms with E-state index >= 15 is 0 Å². The SMILES string of the molecule is CC(C)(C)OC(=O)N1CCCC2CN(Cc3ccccc3)CC2C1. The van der Waals surface area contributed by atoms with Gasteiger partial charge in [-0.15, -0.1) is 0 Å². The molecule has 2 fully saturated rings.